The molecule has 0 atom stereocenters. The third kappa shape index (κ3) is 5.21. The van der Waals surface area contributed by atoms with Crippen LogP contribution in [0, 0.1) is 5.92 Å². The Morgan fingerprint density at radius 1 is 1.25 bits per heavy atom. The van der Waals surface area contributed by atoms with Crippen molar-refractivity contribution >= 4 is 27.7 Å². The first-order valence-electron chi connectivity index (χ1n) is 6.58. The standard InChI is InChI=1S/C14H17BrN2O3/c15-11-2-1-3-12(8-11)20-9-13(18)16-6-7-17-14(19)10-4-5-10/h1-3,8,10H,4-7,9H2,(H,16,18)(H,17,19). The van der Waals surface area contributed by atoms with Gasteiger partial charge in [-0.05, 0) is 31.0 Å². The van der Waals surface area contributed by atoms with Crippen LogP contribution in [-0.2, 0) is 9.59 Å². The Hall–Kier alpha value is -1.56. The van der Waals surface area contributed by atoms with Crippen molar-refractivity contribution in [2.45, 2.75) is 12.8 Å². The average molecular weight is 341 g/mol. The summed E-state index contributed by atoms with van der Waals surface area (Å²) in [5.41, 5.74) is 0. The predicted octanol–water partition coefficient (Wildman–Crippen LogP) is 1.47. The summed E-state index contributed by atoms with van der Waals surface area (Å²) >= 11 is 3.33. The van der Waals surface area contributed by atoms with Crippen molar-refractivity contribution in [3.05, 3.63) is 28.7 Å². The molecular weight excluding hydrogens is 324 g/mol. The molecule has 6 heteroatoms. The first-order chi connectivity index (χ1) is 9.65. The van der Waals surface area contributed by atoms with Crippen molar-refractivity contribution in [2.75, 3.05) is 19.7 Å². The molecule has 0 saturated heterocycles. The van der Waals surface area contributed by atoms with E-state index in [0.717, 1.165) is 17.3 Å². The van der Waals surface area contributed by atoms with Crippen LogP contribution < -0.4 is 15.4 Å². The van der Waals surface area contributed by atoms with Crippen molar-refractivity contribution in [2.24, 2.45) is 5.92 Å². The SMILES string of the molecule is O=C(COc1cccc(Br)c1)NCCNC(=O)C1CC1. The van der Waals surface area contributed by atoms with Gasteiger partial charge in [0.05, 0.1) is 0 Å². The van der Waals surface area contributed by atoms with Crippen molar-refractivity contribution in [1.29, 1.82) is 0 Å². The van der Waals surface area contributed by atoms with Gasteiger partial charge in [0.25, 0.3) is 5.91 Å². The predicted molar refractivity (Wildman–Crippen MR) is 78.4 cm³/mol. The smallest absolute Gasteiger partial charge is 0.258 e. The molecule has 108 valence electrons. The summed E-state index contributed by atoms with van der Waals surface area (Å²) in [6, 6.07) is 7.30. The zero-order chi connectivity index (χ0) is 14.4. The van der Waals surface area contributed by atoms with Crippen molar-refractivity contribution in [1.82, 2.24) is 10.6 Å². The second kappa shape index (κ2) is 7.28. The van der Waals surface area contributed by atoms with E-state index in [1.165, 1.54) is 0 Å². The van der Waals surface area contributed by atoms with E-state index in [2.05, 4.69) is 26.6 Å². The largest absolute Gasteiger partial charge is 0.484 e. The number of hydrogen-bond acceptors (Lipinski definition) is 3. The van der Waals surface area contributed by atoms with Gasteiger partial charge in [-0.2, -0.15) is 0 Å². The highest BCUT2D eigenvalue weighted by molar-refractivity contribution is 9.10. The molecule has 0 aromatic heterocycles. The van der Waals surface area contributed by atoms with Crippen LogP contribution in [0.5, 0.6) is 5.75 Å². The molecule has 2 N–H and O–H groups in total. The molecule has 2 rings (SSSR count). The van der Waals surface area contributed by atoms with E-state index >= 15 is 0 Å². The molecule has 20 heavy (non-hydrogen) atoms. The van der Waals surface area contributed by atoms with E-state index in [1.54, 1.807) is 12.1 Å². The highest BCUT2D eigenvalue weighted by Crippen LogP contribution is 2.28. The number of rotatable bonds is 7. The van der Waals surface area contributed by atoms with Gasteiger partial charge >= 0.3 is 0 Å². The Morgan fingerprint density at radius 2 is 2.00 bits per heavy atom. The van der Waals surface area contributed by atoms with E-state index in [0.29, 0.717) is 18.8 Å². The summed E-state index contributed by atoms with van der Waals surface area (Å²) in [5, 5.41) is 5.47. The molecule has 1 aromatic carbocycles. The van der Waals surface area contributed by atoms with Gasteiger partial charge in [-0.1, -0.05) is 22.0 Å². The number of carbonyl (C=O) groups excluding carboxylic acids is 2. The molecule has 1 aromatic rings. The quantitative estimate of drug-likeness (QED) is 0.738. The molecule has 0 unspecified atom stereocenters. The average Bonchev–Trinajstić information content (AvgIpc) is 3.26. The zero-order valence-corrected chi connectivity index (χ0v) is 12.6. The molecule has 0 heterocycles. The van der Waals surface area contributed by atoms with Crippen molar-refractivity contribution in [3.63, 3.8) is 0 Å². The molecule has 0 bridgehead atoms. The number of nitrogens with one attached hydrogen (secondary N) is 2. The molecular formula is C14H17BrN2O3. The van der Waals surface area contributed by atoms with Crippen molar-refractivity contribution in [3.8, 4) is 5.75 Å². The number of ether oxygens (including phenoxy) is 1. The Morgan fingerprint density at radius 3 is 2.70 bits per heavy atom. The van der Waals surface area contributed by atoms with Crippen LogP contribution in [0.2, 0.25) is 0 Å². The molecule has 1 fully saturated rings. The monoisotopic (exact) mass is 340 g/mol. The van der Waals surface area contributed by atoms with Crippen molar-refractivity contribution < 1.29 is 14.3 Å². The van der Waals surface area contributed by atoms with E-state index in [-0.39, 0.29) is 24.3 Å². The molecule has 0 radical (unpaired) electrons. The van der Waals surface area contributed by atoms with Gasteiger partial charge in [0.2, 0.25) is 5.91 Å². The first-order valence-corrected chi connectivity index (χ1v) is 7.37. The van der Waals surface area contributed by atoms with E-state index < -0.39 is 0 Å². The normalized spacial score (nSPS) is 13.7. The molecule has 1 saturated carbocycles. The topological polar surface area (TPSA) is 67.4 Å². The van der Waals surface area contributed by atoms with Gasteiger partial charge in [-0.15, -0.1) is 0 Å². The maximum absolute atomic E-state index is 11.5. The third-order valence-corrected chi connectivity index (χ3v) is 3.35. The Bertz CT molecular complexity index is 489. The van der Waals surface area contributed by atoms with E-state index in [9.17, 15) is 9.59 Å². The van der Waals surface area contributed by atoms with Crippen LogP contribution in [0.25, 0.3) is 0 Å². The number of benzene rings is 1. The molecule has 0 spiro atoms. The number of carbonyl (C=O) groups is 2. The molecule has 2 amide bonds. The highest BCUT2D eigenvalue weighted by atomic mass is 79.9. The minimum Gasteiger partial charge on any atom is -0.484 e. The van der Waals surface area contributed by atoms with Gasteiger partial charge in [-0.25, -0.2) is 0 Å². The fraction of sp³-hybridized carbons (Fsp3) is 0.429. The molecule has 1 aliphatic rings. The van der Waals surface area contributed by atoms with Crippen LogP contribution in [0.15, 0.2) is 28.7 Å². The van der Waals surface area contributed by atoms with Gasteiger partial charge in [-0.3, -0.25) is 9.59 Å². The van der Waals surface area contributed by atoms with Crippen LogP contribution in [0.3, 0.4) is 0 Å². The lowest BCUT2D eigenvalue weighted by Gasteiger charge is -2.08. The zero-order valence-electron chi connectivity index (χ0n) is 11.0. The first kappa shape index (κ1) is 14.8. The Labute approximate surface area is 126 Å². The minimum atomic E-state index is -0.203. The summed E-state index contributed by atoms with van der Waals surface area (Å²) in [6.45, 7) is 0.837. The lowest BCUT2D eigenvalue weighted by atomic mass is 10.3. The Balaban J connectivity index is 1.57. The van der Waals surface area contributed by atoms with Gasteiger partial charge < -0.3 is 15.4 Å². The fourth-order valence-corrected chi connectivity index (χ4v) is 2.01. The maximum atomic E-state index is 11.5. The summed E-state index contributed by atoms with van der Waals surface area (Å²) in [7, 11) is 0. The molecule has 1 aliphatic carbocycles. The van der Waals surface area contributed by atoms with E-state index in [1.807, 2.05) is 12.1 Å². The van der Waals surface area contributed by atoms with Crippen LogP contribution >= 0.6 is 15.9 Å². The third-order valence-electron chi connectivity index (χ3n) is 2.86. The second-order valence-electron chi connectivity index (χ2n) is 4.66. The fourth-order valence-electron chi connectivity index (χ4n) is 1.63. The Kier molecular flexibility index (Phi) is 5.40. The van der Waals surface area contributed by atoms with Gasteiger partial charge in [0.15, 0.2) is 6.61 Å². The second-order valence-corrected chi connectivity index (χ2v) is 5.58. The van der Waals surface area contributed by atoms with Crippen LogP contribution in [0.4, 0.5) is 0 Å². The summed E-state index contributed by atoms with van der Waals surface area (Å²) in [5.74, 6) is 0.720. The molecule has 0 aliphatic heterocycles. The molecule has 5 nitrogen and oxygen atoms in total. The number of amides is 2. The summed E-state index contributed by atoms with van der Waals surface area (Å²) < 4.78 is 6.25. The van der Waals surface area contributed by atoms with Gasteiger partial charge in [0.1, 0.15) is 5.75 Å². The number of hydrogen-bond donors (Lipinski definition) is 2. The summed E-state index contributed by atoms with van der Waals surface area (Å²) in [6.07, 6.45) is 1.97. The van der Waals surface area contributed by atoms with Gasteiger partial charge in [0, 0.05) is 23.5 Å². The maximum Gasteiger partial charge on any atom is 0.258 e. The van der Waals surface area contributed by atoms with Crippen LogP contribution in [0.1, 0.15) is 12.8 Å². The number of halogens is 1. The lowest BCUT2D eigenvalue weighted by Crippen LogP contribution is -2.37. The van der Waals surface area contributed by atoms with Crippen LogP contribution in [-0.4, -0.2) is 31.5 Å². The van der Waals surface area contributed by atoms with E-state index in [4.69, 9.17) is 4.74 Å². The minimum absolute atomic E-state index is 0.0347. The lowest BCUT2D eigenvalue weighted by molar-refractivity contribution is -0.124. The summed E-state index contributed by atoms with van der Waals surface area (Å²) in [4.78, 5) is 22.9. The highest BCUT2D eigenvalue weighted by Gasteiger charge is 2.28.